The number of benzene rings is 3. The number of methoxy groups -OCH3 is 1. The zero-order chi connectivity index (χ0) is 22.9. The second kappa shape index (κ2) is 8.60. The number of carbonyl (C=O) groups is 1. The zero-order valence-electron chi connectivity index (χ0n) is 16.8. The predicted octanol–water partition coefficient (Wildman–Crippen LogP) is 3.80. The van der Waals surface area contributed by atoms with Gasteiger partial charge >= 0.3 is 0 Å². The van der Waals surface area contributed by atoms with Gasteiger partial charge in [-0.25, -0.2) is 8.42 Å². The molecule has 10 heteroatoms. The molecule has 166 valence electrons. The van der Waals surface area contributed by atoms with Crippen LogP contribution in [0.25, 0.3) is 0 Å². The van der Waals surface area contributed by atoms with Crippen molar-refractivity contribution in [3.63, 3.8) is 0 Å². The van der Waals surface area contributed by atoms with Crippen LogP contribution in [0.3, 0.4) is 0 Å². The summed E-state index contributed by atoms with van der Waals surface area (Å²) in [4.78, 5) is 12.5. The van der Waals surface area contributed by atoms with E-state index >= 15 is 0 Å². The Hall–Kier alpha value is -3.43. The molecule has 1 heterocycles. The summed E-state index contributed by atoms with van der Waals surface area (Å²) < 4.78 is 39.0. The lowest BCUT2D eigenvalue weighted by Gasteiger charge is -2.15. The second-order valence-corrected chi connectivity index (χ2v) is 9.16. The van der Waals surface area contributed by atoms with Gasteiger partial charge in [0.1, 0.15) is 17.2 Å². The summed E-state index contributed by atoms with van der Waals surface area (Å²) in [5.74, 6) is 0.0885. The third-order valence-corrected chi connectivity index (χ3v) is 6.48. The van der Waals surface area contributed by atoms with E-state index in [0.717, 1.165) is 5.56 Å². The first-order valence-electron chi connectivity index (χ1n) is 9.51. The molecule has 0 fully saturated rings. The number of hydrogen-bond acceptors (Lipinski definition) is 6. The van der Waals surface area contributed by atoms with Crippen LogP contribution in [0.2, 0.25) is 5.02 Å². The Morgan fingerprint density at radius 3 is 2.69 bits per heavy atom. The van der Waals surface area contributed by atoms with E-state index in [1.807, 2.05) is 0 Å². The first-order valence-corrected chi connectivity index (χ1v) is 11.4. The van der Waals surface area contributed by atoms with Gasteiger partial charge in [-0.05, 0) is 54.1 Å². The van der Waals surface area contributed by atoms with Gasteiger partial charge in [0, 0.05) is 11.4 Å². The zero-order valence-corrected chi connectivity index (χ0v) is 18.4. The van der Waals surface area contributed by atoms with Crippen molar-refractivity contribution in [2.45, 2.75) is 17.4 Å². The average molecular weight is 475 g/mol. The van der Waals surface area contributed by atoms with Crippen molar-refractivity contribution in [2.24, 2.45) is 0 Å². The monoisotopic (exact) mass is 474 g/mol. The van der Waals surface area contributed by atoms with Crippen molar-refractivity contribution in [3.8, 4) is 17.2 Å². The van der Waals surface area contributed by atoms with Gasteiger partial charge < -0.3 is 19.9 Å². The fourth-order valence-electron chi connectivity index (χ4n) is 3.29. The second-order valence-electron chi connectivity index (χ2n) is 7.04. The first-order chi connectivity index (χ1) is 15.3. The Bertz CT molecular complexity index is 1300. The average Bonchev–Trinajstić information content (AvgIpc) is 3.18. The Morgan fingerprint density at radius 1 is 1.12 bits per heavy atom. The van der Waals surface area contributed by atoms with E-state index in [1.165, 1.54) is 25.3 Å². The summed E-state index contributed by atoms with van der Waals surface area (Å²) in [6.07, 6.45) is -0.537. The molecule has 4 rings (SSSR count). The van der Waals surface area contributed by atoms with Crippen LogP contribution >= 0.6 is 11.6 Å². The highest BCUT2D eigenvalue weighted by Crippen LogP contribution is 2.33. The van der Waals surface area contributed by atoms with Crippen molar-refractivity contribution in [1.29, 1.82) is 0 Å². The fraction of sp³-hybridized carbons (Fsp3) is 0.136. The number of phenols is 1. The van der Waals surface area contributed by atoms with Crippen LogP contribution < -0.4 is 19.5 Å². The maximum atomic E-state index is 12.9. The van der Waals surface area contributed by atoms with Gasteiger partial charge in [0.05, 0.1) is 23.4 Å². The number of aromatic hydroxyl groups is 1. The molecule has 0 radical (unpaired) electrons. The van der Waals surface area contributed by atoms with Gasteiger partial charge in [0.2, 0.25) is 0 Å². The molecule has 3 N–H and O–H groups in total. The molecule has 0 aliphatic carbocycles. The molecule has 0 bridgehead atoms. The third kappa shape index (κ3) is 4.44. The van der Waals surface area contributed by atoms with Gasteiger partial charge in [0.25, 0.3) is 15.9 Å². The SMILES string of the molecule is COc1ccccc1NS(=O)(=O)c1ccc(O)c(NC(=O)C2Cc3cc(Cl)ccc3O2)c1. The van der Waals surface area contributed by atoms with E-state index in [9.17, 15) is 18.3 Å². The maximum Gasteiger partial charge on any atom is 0.265 e. The number of ether oxygens (including phenoxy) is 2. The van der Waals surface area contributed by atoms with Crippen molar-refractivity contribution in [3.05, 3.63) is 71.2 Å². The summed E-state index contributed by atoms with van der Waals surface area (Å²) in [5, 5.41) is 13.2. The molecule has 32 heavy (non-hydrogen) atoms. The molecule has 0 saturated carbocycles. The van der Waals surface area contributed by atoms with Crippen molar-refractivity contribution in [1.82, 2.24) is 0 Å². The Labute approximate surface area is 189 Å². The lowest BCUT2D eigenvalue weighted by Crippen LogP contribution is -2.31. The number of phenolic OH excluding ortho intramolecular Hbond substituents is 1. The highest BCUT2D eigenvalue weighted by atomic mass is 35.5. The van der Waals surface area contributed by atoms with Crippen molar-refractivity contribution < 1.29 is 27.8 Å². The van der Waals surface area contributed by atoms with Crippen LogP contribution in [-0.4, -0.2) is 32.6 Å². The van der Waals surface area contributed by atoms with E-state index in [4.69, 9.17) is 21.1 Å². The fourth-order valence-corrected chi connectivity index (χ4v) is 4.58. The molecule has 3 aromatic rings. The molecule has 0 aromatic heterocycles. The summed E-state index contributed by atoms with van der Waals surface area (Å²) in [6, 6.07) is 15.2. The largest absolute Gasteiger partial charge is 0.506 e. The molecule has 8 nitrogen and oxygen atoms in total. The third-order valence-electron chi connectivity index (χ3n) is 4.88. The summed E-state index contributed by atoms with van der Waals surface area (Å²) >= 11 is 5.98. The molecular formula is C22H19ClN2O6S. The minimum Gasteiger partial charge on any atom is -0.506 e. The molecule has 0 spiro atoms. The molecule has 3 aromatic carbocycles. The number of amides is 1. The Kier molecular flexibility index (Phi) is 5.86. The normalized spacial score (nSPS) is 14.9. The van der Waals surface area contributed by atoms with Crippen LogP contribution in [0.5, 0.6) is 17.2 Å². The highest BCUT2D eigenvalue weighted by molar-refractivity contribution is 7.92. The van der Waals surface area contributed by atoms with Gasteiger partial charge in [-0.1, -0.05) is 23.7 Å². The molecule has 1 aliphatic heterocycles. The molecule has 1 amide bonds. The summed E-state index contributed by atoms with van der Waals surface area (Å²) in [6.45, 7) is 0. The number of rotatable bonds is 6. The van der Waals surface area contributed by atoms with E-state index < -0.39 is 22.0 Å². The van der Waals surface area contributed by atoms with Gasteiger partial charge in [-0.15, -0.1) is 0 Å². The van der Waals surface area contributed by atoms with Gasteiger partial charge in [-0.2, -0.15) is 0 Å². The minimum atomic E-state index is -4.03. The summed E-state index contributed by atoms with van der Waals surface area (Å²) in [7, 11) is -2.60. The number of hydrogen-bond donors (Lipinski definition) is 3. The standard InChI is InChI=1S/C22H19ClN2O6S/c1-30-20-5-3-2-4-16(20)25-32(28,29)15-7-8-18(26)17(12-15)24-22(27)21-11-13-10-14(23)6-9-19(13)31-21/h2-10,12,21,25-26H,11H2,1H3,(H,24,27). The predicted molar refractivity (Wildman–Crippen MR) is 120 cm³/mol. The van der Waals surface area contributed by atoms with Crippen LogP contribution in [-0.2, 0) is 21.2 Å². The Balaban J connectivity index is 1.53. The topological polar surface area (TPSA) is 114 Å². The van der Waals surface area contributed by atoms with E-state index in [-0.39, 0.29) is 22.0 Å². The van der Waals surface area contributed by atoms with Crippen molar-refractivity contribution >= 4 is 38.9 Å². The lowest BCUT2D eigenvalue weighted by molar-refractivity contribution is -0.122. The smallest absolute Gasteiger partial charge is 0.265 e. The number of carbonyl (C=O) groups excluding carboxylic acids is 1. The molecule has 1 unspecified atom stereocenters. The van der Waals surface area contributed by atoms with Gasteiger partial charge in [0.15, 0.2) is 6.10 Å². The maximum absolute atomic E-state index is 12.9. The van der Waals surface area contributed by atoms with E-state index in [0.29, 0.717) is 22.9 Å². The number of nitrogens with one attached hydrogen (secondary N) is 2. The number of fused-ring (bicyclic) bond motifs is 1. The van der Waals surface area contributed by atoms with E-state index in [2.05, 4.69) is 10.0 Å². The first kappa shape index (κ1) is 21.8. The lowest BCUT2D eigenvalue weighted by atomic mass is 10.1. The Morgan fingerprint density at radius 2 is 1.91 bits per heavy atom. The van der Waals surface area contributed by atoms with Gasteiger partial charge in [-0.3, -0.25) is 9.52 Å². The minimum absolute atomic E-state index is 0.0597. The molecule has 1 aliphatic rings. The van der Waals surface area contributed by atoms with Crippen LogP contribution in [0.1, 0.15) is 5.56 Å². The molecule has 1 atom stereocenters. The molecule has 0 saturated heterocycles. The molecular weight excluding hydrogens is 456 g/mol. The van der Waals surface area contributed by atoms with Crippen LogP contribution in [0, 0.1) is 0 Å². The van der Waals surface area contributed by atoms with E-state index in [1.54, 1.807) is 42.5 Å². The quantitative estimate of drug-likeness (QED) is 0.468. The number of sulfonamides is 1. The number of para-hydroxylation sites is 2. The summed E-state index contributed by atoms with van der Waals surface area (Å²) in [5.41, 5.74) is 0.985. The number of anilines is 2. The highest BCUT2D eigenvalue weighted by Gasteiger charge is 2.30. The van der Waals surface area contributed by atoms with Crippen LogP contribution in [0.4, 0.5) is 11.4 Å². The van der Waals surface area contributed by atoms with Crippen molar-refractivity contribution in [2.75, 3.05) is 17.1 Å². The van der Waals surface area contributed by atoms with Crippen LogP contribution in [0.15, 0.2) is 65.6 Å². The number of halogens is 1.